The Bertz CT molecular complexity index is 1150. The molecular weight excluding hydrogens is 423 g/mol. The Morgan fingerprint density at radius 2 is 2.00 bits per heavy atom. The molecule has 1 aromatic heterocycles. The Balaban J connectivity index is 1.36. The lowest BCUT2D eigenvalue weighted by molar-refractivity contribution is -0.115. The molecule has 3 aromatic rings. The van der Waals surface area contributed by atoms with Crippen molar-refractivity contribution in [2.75, 3.05) is 28.7 Å². The molecule has 0 unspecified atom stereocenters. The lowest BCUT2D eigenvalue weighted by Gasteiger charge is -2.14. The average Bonchev–Trinajstić information content (AvgIpc) is 3.37. The number of cyclic esters (lactones) is 1. The normalized spacial score (nSPS) is 13.1. The van der Waals surface area contributed by atoms with E-state index in [4.69, 9.17) is 4.74 Å². The predicted molar refractivity (Wildman–Crippen MR) is 114 cm³/mol. The summed E-state index contributed by atoms with van der Waals surface area (Å²) in [6, 6.07) is 12.5. The number of ether oxygens (including phenoxy) is 1. The minimum Gasteiger partial charge on any atom is -0.447 e. The predicted octanol–water partition coefficient (Wildman–Crippen LogP) is 3.67. The van der Waals surface area contributed by atoms with Gasteiger partial charge in [-0.25, -0.2) is 14.2 Å². The number of aromatic nitrogens is 1. The van der Waals surface area contributed by atoms with Crippen LogP contribution in [0.25, 0.3) is 0 Å². The SMILES string of the molecule is O=C(Cc1csc(NC(=O)c2ccccc2F)n1)Nc1cccc(N2CCOC2=O)c1. The Hall–Kier alpha value is -3.79. The van der Waals surface area contributed by atoms with Crippen molar-refractivity contribution in [2.45, 2.75) is 6.42 Å². The van der Waals surface area contributed by atoms with Crippen LogP contribution in [-0.2, 0) is 16.0 Å². The highest BCUT2D eigenvalue weighted by Gasteiger charge is 2.23. The highest BCUT2D eigenvalue weighted by Crippen LogP contribution is 2.23. The first-order valence-corrected chi connectivity index (χ1v) is 10.2. The molecule has 0 bridgehead atoms. The Kier molecular flexibility index (Phi) is 5.89. The van der Waals surface area contributed by atoms with Crippen molar-refractivity contribution in [3.05, 3.63) is 71.0 Å². The number of halogens is 1. The van der Waals surface area contributed by atoms with Gasteiger partial charge in [0.2, 0.25) is 5.91 Å². The first-order chi connectivity index (χ1) is 15.0. The number of nitrogens with one attached hydrogen (secondary N) is 2. The Morgan fingerprint density at radius 1 is 1.16 bits per heavy atom. The highest BCUT2D eigenvalue weighted by molar-refractivity contribution is 7.14. The topological polar surface area (TPSA) is 101 Å². The number of benzene rings is 2. The van der Waals surface area contributed by atoms with E-state index in [1.807, 2.05) is 0 Å². The number of carbonyl (C=O) groups is 3. The van der Waals surface area contributed by atoms with Gasteiger partial charge in [0.15, 0.2) is 5.13 Å². The van der Waals surface area contributed by atoms with Crippen LogP contribution < -0.4 is 15.5 Å². The number of thiazole rings is 1. The van der Waals surface area contributed by atoms with Gasteiger partial charge in [0.1, 0.15) is 12.4 Å². The van der Waals surface area contributed by atoms with Crippen LogP contribution in [0.15, 0.2) is 53.9 Å². The Labute approximate surface area is 180 Å². The summed E-state index contributed by atoms with van der Waals surface area (Å²) in [6.07, 6.45) is -0.432. The summed E-state index contributed by atoms with van der Waals surface area (Å²) in [5, 5.41) is 7.21. The third kappa shape index (κ3) is 4.86. The third-order valence-electron chi connectivity index (χ3n) is 4.43. The van der Waals surface area contributed by atoms with E-state index < -0.39 is 17.8 Å². The van der Waals surface area contributed by atoms with Crippen molar-refractivity contribution in [3.8, 4) is 0 Å². The molecule has 0 spiro atoms. The summed E-state index contributed by atoms with van der Waals surface area (Å²) in [6.45, 7) is 0.783. The maximum Gasteiger partial charge on any atom is 0.414 e. The lowest BCUT2D eigenvalue weighted by Crippen LogP contribution is -2.23. The van der Waals surface area contributed by atoms with E-state index in [9.17, 15) is 18.8 Å². The maximum absolute atomic E-state index is 13.7. The van der Waals surface area contributed by atoms with Crippen molar-refractivity contribution in [1.82, 2.24) is 4.98 Å². The Morgan fingerprint density at radius 3 is 2.77 bits per heavy atom. The number of hydrogen-bond donors (Lipinski definition) is 2. The highest BCUT2D eigenvalue weighted by atomic mass is 32.1. The smallest absolute Gasteiger partial charge is 0.414 e. The van der Waals surface area contributed by atoms with Gasteiger partial charge in [-0.2, -0.15) is 0 Å². The average molecular weight is 440 g/mol. The fourth-order valence-electron chi connectivity index (χ4n) is 3.00. The first-order valence-electron chi connectivity index (χ1n) is 9.34. The second-order valence-electron chi connectivity index (χ2n) is 6.62. The van der Waals surface area contributed by atoms with Gasteiger partial charge >= 0.3 is 6.09 Å². The van der Waals surface area contributed by atoms with E-state index in [0.717, 1.165) is 11.3 Å². The fourth-order valence-corrected chi connectivity index (χ4v) is 3.71. The standard InChI is InChI=1S/C21H17FN4O4S/c22-17-7-2-1-6-16(17)19(28)25-20-24-14(12-31-20)11-18(27)23-13-4-3-5-15(10-13)26-8-9-30-21(26)29/h1-7,10,12H,8-9,11H2,(H,23,27)(H,24,25,28). The number of anilines is 3. The van der Waals surface area contributed by atoms with Crippen molar-refractivity contribution in [3.63, 3.8) is 0 Å². The van der Waals surface area contributed by atoms with Crippen LogP contribution >= 0.6 is 11.3 Å². The van der Waals surface area contributed by atoms with Gasteiger partial charge in [-0.15, -0.1) is 11.3 Å². The van der Waals surface area contributed by atoms with E-state index in [1.54, 1.807) is 35.7 Å². The van der Waals surface area contributed by atoms with Gasteiger partial charge in [0.05, 0.1) is 24.2 Å². The van der Waals surface area contributed by atoms with Crippen LogP contribution in [0.2, 0.25) is 0 Å². The molecule has 10 heteroatoms. The van der Waals surface area contributed by atoms with Crippen molar-refractivity contribution < 1.29 is 23.5 Å². The third-order valence-corrected chi connectivity index (χ3v) is 5.24. The van der Waals surface area contributed by atoms with Gasteiger partial charge in [-0.05, 0) is 30.3 Å². The minimum atomic E-state index is -0.624. The molecular formula is C21H17FN4O4S. The van der Waals surface area contributed by atoms with E-state index in [0.29, 0.717) is 30.2 Å². The molecule has 1 aliphatic rings. The monoisotopic (exact) mass is 440 g/mol. The molecule has 158 valence electrons. The number of carbonyl (C=O) groups excluding carboxylic acids is 3. The molecule has 3 amide bonds. The zero-order valence-corrected chi connectivity index (χ0v) is 16.9. The minimum absolute atomic E-state index is 0.0119. The van der Waals surface area contributed by atoms with Crippen LogP contribution in [0.1, 0.15) is 16.1 Å². The first kappa shape index (κ1) is 20.5. The van der Waals surface area contributed by atoms with Crippen molar-refractivity contribution in [1.29, 1.82) is 0 Å². The maximum atomic E-state index is 13.7. The number of rotatable bonds is 6. The molecule has 0 atom stereocenters. The van der Waals surface area contributed by atoms with Crippen LogP contribution in [0.4, 0.5) is 25.7 Å². The molecule has 8 nitrogen and oxygen atoms in total. The van der Waals surface area contributed by atoms with E-state index in [-0.39, 0.29) is 23.0 Å². The van der Waals surface area contributed by atoms with Crippen molar-refractivity contribution >= 4 is 45.8 Å². The van der Waals surface area contributed by atoms with Gasteiger partial charge < -0.3 is 10.1 Å². The van der Waals surface area contributed by atoms with E-state index in [2.05, 4.69) is 15.6 Å². The molecule has 0 radical (unpaired) electrons. The van der Waals surface area contributed by atoms with E-state index in [1.165, 1.54) is 23.1 Å². The van der Waals surface area contributed by atoms with Crippen LogP contribution in [-0.4, -0.2) is 36.0 Å². The largest absolute Gasteiger partial charge is 0.447 e. The number of nitrogens with zero attached hydrogens (tertiary/aromatic N) is 2. The molecule has 31 heavy (non-hydrogen) atoms. The summed E-state index contributed by atoms with van der Waals surface area (Å²) in [5.74, 6) is -1.54. The summed E-state index contributed by atoms with van der Waals surface area (Å²) in [7, 11) is 0. The zero-order chi connectivity index (χ0) is 21.8. The summed E-state index contributed by atoms with van der Waals surface area (Å²) < 4.78 is 18.6. The summed E-state index contributed by atoms with van der Waals surface area (Å²) in [4.78, 5) is 42.0. The van der Waals surface area contributed by atoms with Gasteiger partial charge in [0.25, 0.3) is 5.91 Å². The molecule has 0 aliphatic carbocycles. The molecule has 2 heterocycles. The number of amides is 3. The van der Waals surface area contributed by atoms with Crippen molar-refractivity contribution in [2.24, 2.45) is 0 Å². The van der Waals surface area contributed by atoms with Crippen LogP contribution in [0.5, 0.6) is 0 Å². The molecule has 1 saturated heterocycles. The van der Waals surface area contributed by atoms with Gasteiger partial charge in [-0.1, -0.05) is 18.2 Å². The molecule has 2 aromatic carbocycles. The fraction of sp³-hybridized carbons (Fsp3) is 0.143. The molecule has 1 fully saturated rings. The van der Waals surface area contributed by atoms with Gasteiger partial charge in [0, 0.05) is 16.8 Å². The van der Waals surface area contributed by atoms with Crippen LogP contribution in [0.3, 0.4) is 0 Å². The molecule has 4 rings (SSSR count). The van der Waals surface area contributed by atoms with Crippen LogP contribution in [0, 0.1) is 5.82 Å². The molecule has 0 saturated carbocycles. The number of hydrogen-bond acceptors (Lipinski definition) is 6. The summed E-state index contributed by atoms with van der Waals surface area (Å²) in [5.41, 5.74) is 1.54. The van der Waals surface area contributed by atoms with E-state index >= 15 is 0 Å². The quantitative estimate of drug-likeness (QED) is 0.609. The second kappa shape index (κ2) is 8.92. The zero-order valence-electron chi connectivity index (χ0n) is 16.1. The molecule has 2 N–H and O–H groups in total. The molecule has 1 aliphatic heterocycles. The lowest BCUT2D eigenvalue weighted by atomic mass is 10.2. The summed E-state index contributed by atoms with van der Waals surface area (Å²) >= 11 is 1.14. The van der Waals surface area contributed by atoms with Gasteiger partial charge in [-0.3, -0.25) is 19.8 Å². The second-order valence-corrected chi connectivity index (χ2v) is 7.48.